The van der Waals surface area contributed by atoms with E-state index in [4.69, 9.17) is 4.74 Å². The van der Waals surface area contributed by atoms with Crippen LogP contribution in [-0.4, -0.2) is 25.5 Å². The average Bonchev–Trinajstić information content (AvgIpc) is 2.72. The summed E-state index contributed by atoms with van der Waals surface area (Å²) in [6.07, 6.45) is -2.86. The van der Waals surface area contributed by atoms with Crippen molar-refractivity contribution in [3.8, 4) is 17.1 Å². The minimum atomic E-state index is -4.47. The van der Waals surface area contributed by atoms with Crippen LogP contribution in [0, 0.1) is 0 Å². The van der Waals surface area contributed by atoms with Crippen molar-refractivity contribution in [1.82, 2.24) is 14.7 Å². The summed E-state index contributed by atoms with van der Waals surface area (Å²) < 4.78 is 70.3. The first-order valence-electron chi connectivity index (χ1n) is 8.76. The highest BCUT2D eigenvalue weighted by molar-refractivity contribution is 7.88. The molecule has 3 aromatic rings. The van der Waals surface area contributed by atoms with Crippen molar-refractivity contribution < 1.29 is 26.3 Å². The largest absolute Gasteiger partial charge is 0.497 e. The van der Waals surface area contributed by atoms with Crippen molar-refractivity contribution in [2.24, 2.45) is 0 Å². The summed E-state index contributed by atoms with van der Waals surface area (Å²) in [5.41, 5.74) is 0.936. The molecule has 2 aromatic heterocycles. The van der Waals surface area contributed by atoms with Gasteiger partial charge in [0.15, 0.2) is 0 Å². The lowest BCUT2D eigenvalue weighted by Gasteiger charge is -2.11. The molecule has 0 unspecified atom stereocenters. The van der Waals surface area contributed by atoms with Crippen LogP contribution in [0.15, 0.2) is 60.8 Å². The second kappa shape index (κ2) is 8.80. The van der Waals surface area contributed by atoms with Crippen LogP contribution in [-0.2, 0) is 28.5 Å². The van der Waals surface area contributed by atoms with Gasteiger partial charge in [0.05, 0.1) is 42.1 Å². The van der Waals surface area contributed by atoms with Gasteiger partial charge in [0.25, 0.3) is 0 Å². The molecule has 30 heavy (non-hydrogen) atoms. The van der Waals surface area contributed by atoms with E-state index in [0.29, 0.717) is 22.8 Å². The summed E-state index contributed by atoms with van der Waals surface area (Å²) in [5.74, 6) is 0.0324. The zero-order valence-corrected chi connectivity index (χ0v) is 16.7. The molecule has 0 atom stereocenters. The van der Waals surface area contributed by atoms with Crippen LogP contribution >= 0.6 is 0 Å². The van der Waals surface area contributed by atoms with Crippen LogP contribution in [0.3, 0.4) is 0 Å². The van der Waals surface area contributed by atoms with Crippen LogP contribution in [0.2, 0.25) is 0 Å². The Morgan fingerprint density at radius 3 is 2.37 bits per heavy atom. The summed E-state index contributed by atoms with van der Waals surface area (Å²) >= 11 is 0. The molecule has 0 radical (unpaired) electrons. The third-order valence-corrected chi connectivity index (χ3v) is 5.42. The number of sulfonamides is 1. The van der Waals surface area contributed by atoms with E-state index >= 15 is 0 Å². The van der Waals surface area contributed by atoms with E-state index in [1.807, 2.05) is 0 Å². The number of nitrogens with zero attached hydrogens (tertiary/aromatic N) is 2. The van der Waals surface area contributed by atoms with Crippen molar-refractivity contribution in [3.63, 3.8) is 0 Å². The number of methoxy groups -OCH3 is 1. The van der Waals surface area contributed by atoms with Gasteiger partial charge in [-0.1, -0.05) is 18.2 Å². The zero-order chi connectivity index (χ0) is 21.8. The Morgan fingerprint density at radius 1 is 1.03 bits per heavy atom. The fourth-order valence-electron chi connectivity index (χ4n) is 2.66. The van der Waals surface area contributed by atoms with Crippen molar-refractivity contribution in [3.05, 3.63) is 77.6 Å². The predicted octanol–water partition coefficient (Wildman–Crippen LogP) is 3.79. The molecular formula is C20H18F3N3O3S. The SMILES string of the molecule is COc1cc(CNS(=O)(=O)Cc2ccc(C(F)(F)F)cc2)nc(-c2ccccn2)c1. The van der Waals surface area contributed by atoms with E-state index in [1.54, 1.807) is 36.5 Å². The fourth-order valence-corrected chi connectivity index (χ4v) is 3.76. The van der Waals surface area contributed by atoms with E-state index in [9.17, 15) is 21.6 Å². The van der Waals surface area contributed by atoms with Gasteiger partial charge in [-0.15, -0.1) is 0 Å². The second-order valence-corrected chi connectivity index (χ2v) is 8.18. The third-order valence-electron chi connectivity index (χ3n) is 4.13. The lowest BCUT2D eigenvalue weighted by molar-refractivity contribution is -0.137. The molecule has 10 heteroatoms. The van der Waals surface area contributed by atoms with Gasteiger partial charge < -0.3 is 4.74 Å². The van der Waals surface area contributed by atoms with Gasteiger partial charge in [-0.3, -0.25) is 4.98 Å². The number of benzene rings is 1. The Hall–Kier alpha value is -2.98. The molecule has 1 aromatic carbocycles. The van der Waals surface area contributed by atoms with E-state index in [-0.39, 0.29) is 12.1 Å². The molecule has 6 nitrogen and oxygen atoms in total. The van der Waals surface area contributed by atoms with E-state index in [1.165, 1.54) is 7.11 Å². The molecule has 0 fully saturated rings. The third kappa shape index (κ3) is 5.77. The summed E-state index contributed by atoms with van der Waals surface area (Å²) in [7, 11) is -2.32. The van der Waals surface area contributed by atoms with Crippen LogP contribution in [0.4, 0.5) is 13.2 Å². The molecule has 3 rings (SSSR count). The first kappa shape index (κ1) is 21.7. The fraction of sp³-hybridized carbons (Fsp3) is 0.200. The maximum atomic E-state index is 12.6. The number of ether oxygens (including phenoxy) is 1. The van der Waals surface area contributed by atoms with Crippen molar-refractivity contribution in [2.45, 2.75) is 18.5 Å². The molecule has 0 spiro atoms. The molecule has 1 N–H and O–H groups in total. The molecule has 0 aliphatic heterocycles. The quantitative estimate of drug-likeness (QED) is 0.608. The highest BCUT2D eigenvalue weighted by atomic mass is 32.2. The molecule has 0 saturated heterocycles. The van der Waals surface area contributed by atoms with E-state index in [2.05, 4.69) is 14.7 Å². The number of aromatic nitrogens is 2. The number of halogens is 3. The number of hydrogen-bond donors (Lipinski definition) is 1. The van der Waals surface area contributed by atoms with Crippen molar-refractivity contribution >= 4 is 10.0 Å². The van der Waals surface area contributed by atoms with Gasteiger partial charge in [0.1, 0.15) is 5.75 Å². The highest BCUT2D eigenvalue weighted by Crippen LogP contribution is 2.29. The number of alkyl halides is 3. The topological polar surface area (TPSA) is 81.2 Å². The Labute approximate surface area is 171 Å². The Morgan fingerprint density at radius 2 is 1.77 bits per heavy atom. The Bertz CT molecular complexity index is 1100. The molecule has 2 heterocycles. The molecule has 158 valence electrons. The van der Waals surface area contributed by atoms with E-state index < -0.39 is 27.5 Å². The second-order valence-electron chi connectivity index (χ2n) is 6.37. The van der Waals surface area contributed by atoms with Crippen LogP contribution in [0.25, 0.3) is 11.4 Å². The molecule has 0 saturated carbocycles. The normalized spacial score (nSPS) is 12.0. The number of nitrogens with one attached hydrogen (secondary N) is 1. The van der Waals surface area contributed by atoms with Crippen LogP contribution in [0.5, 0.6) is 5.75 Å². The lowest BCUT2D eigenvalue weighted by Crippen LogP contribution is -2.25. The maximum absolute atomic E-state index is 12.6. The summed E-state index contributed by atoms with van der Waals surface area (Å²) in [4.78, 5) is 8.62. The van der Waals surface area contributed by atoms with Gasteiger partial charge in [-0.05, 0) is 29.8 Å². The molecule has 0 bridgehead atoms. The van der Waals surface area contributed by atoms with Crippen molar-refractivity contribution in [2.75, 3.05) is 7.11 Å². The van der Waals surface area contributed by atoms with Gasteiger partial charge in [0, 0.05) is 18.3 Å². The predicted molar refractivity (Wildman–Crippen MR) is 105 cm³/mol. The molecule has 0 aliphatic carbocycles. The van der Waals surface area contributed by atoms with Gasteiger partial charge in [-0.25, -0.2) is 18.1 Å². The van der Waals surface area contributed by atoms with Crippen LogP contribution < -0.4 is 9.46 Å². The van der Waals surface area contributed by atoms with Gasteiger partial charge in [-0.2, -0.15) is 13.2 Å². The standard InChI is InChI=1S/C20H18F3N3O3S/c1-29-17-10-16(26-19(11-17)18-4-2-3-9-24-18)12-25-30(27,28)13-14-5-7-15(8-6-14)20(21,22)23/h2-11,25H,12-13H2,1H3. The van der Waals surface area contributed by atoms with Crippen LogP contribution in [0.1, 0.15) is 16.8 Å². The van der Waals surface area contributed by atoms with Crippen molar-refractivity contribution in [1.29, 1.82) is 0 Å². The summed E-state index contributed by atoms with van der Waals surface area (Å²) in [5, 5.41) is 0. The van der Waals surface area contributed by atoms with Gasteiger partial charge >= 0.3 is 6.18 Å². The average molecular weight is 437 g/mol. The monoisotopic (exact) mass is 437 g/mol. The number of pyridine rings is 2. The lowest BCUT2D eigenvalue weighted by atomic mass is 10.1. The molecule has 0 amide bonds. The first-order chi connectivity index (χ1) is 14.2. The number of rotatable bonds is 7. The summed E-state index contributed by atoms with van der Waals surface area (Å²) in [6.45, 7) is -0.111. The Balaban J connectivity index is 1.72. The smallest absolute Gasteiger partial charge is 0.416 e. The van der Waals surface area contributed by atoms with Gasteiger partial charge in [0.2, 0.25) is 10.0 Å². The number of hydrogen-bond acceptors (Lipinski definition) is 5. The minimum Gasteiger partial charge on any atom is -0.497 e. The van der Waals surface area contributed by atoms with E-state index in [0.717, 1.165) is 24.3 Å². The minimum absolute atomic E-state index is 0.111. The maximum Gasteiger partial charge on any atom is 0.416 e. The molecular weight excluding hydrogens is 419 g/mol. The summed E-state index contributed by atoms with van der Waals surface area (Å²) in [6, 6.07) is 12.6. The Kier molecular flexibility index (Phi) is 6.37. The first-order valence-corrected chi connectivity index (χ1v) is 10.4. The highest BCUT2D eigenvalue weighted by Gasteiger charge is 2.30. The zero-order valence-electron chi connectivity index (χ0n) is 15.8. The molecule has 0 aliphatic rings.